The molecule has 9 nitrogen and oxygen atoms in total. The number of rotatable bonds is 4. The molecule has 3 saturated heterocycles. The number of amides is 2. The number of nitrogens with zero attached hydrogens (tertiary/aromatic N) is 7. The third kappa shape index (κ3) is 4.70. The Labute approximate surface area is 201 Å². The molecule has 0 N–H and O–H groups in total. The van der Waals surface area contributed by atoms with Gasteiger partial charge in [0.15, 0.2) is 0 Å². The van der Waals surface area contributed by atoms with Crippen LogP contribution in [0.25, 0.3) is 0 Å². The number of aryl methyl sites for hydroxylation is 1. The molecule has 3 aliphatic rings. The SMILES string of the molecule is Cc1cc(N2CCN(C)CC2)nc(N2CCN(C(=O)C3CC(=O)N(c4ccccc4)C3)CC2)n1. The van der Waals surface area contributed by atoms with E-state index in [1.807, 2.05) is 42.2 Å². The zero-order chi connectivity index (χ0) is 23.7. The second-order valence-corrected chi connectivity index (χ2v) is 9.51. The Kier molecular flexibility index (Phi) is 6.36. The molecule has 0 saturated carbocycles. The predicted octanol–water partition coefficient (Wildman–Crippen LogP) is 1.24. The number of hydrogen-bond acceptors (Lipinski definition) is 7. The van der Waals surface area contributed by atoms with Gasteiger partial charge in [-0.15, -0.1) is 0 Å². The summed E-state index contributed by atoms with van der Waals surface area (Å²) in [4.78, 5) is 45.8. The summed E-state index contributed by atoms with van der Waals surface area (Å²) in [6.45, 7) is 9.10. The molecule has 1 atom stereocenters. The second-order valence-electron chi connectivity index (χ2n) is 9.51. The molecule has 4 heterocycles. The lowest BCUT2D eigenvalue weighted by atomic mass is 10.1. The van der Waals surface area contributed by atoms with Gasteiger partial charge >= 0.3 is 0 Å². The molecule has 3 aliphatic heterocycles. The Bertz CT molecular complexity index is 1030. The summed E-state index contributed by atoms with van der Waals surface area (Å²) in [6, 6.07) is 11.7. The lowest BCUT2D eigenvalue weighted by Crippen LogP contribution is -2.51. The van der Waals surface area contributed by atoms with E-state index in [4.69, 9.17) is 9.97 Å². The van der Waals surface area contributed by atoms with Crippen molar-refractivity contribution in [1.82, 2.24) is 19.8 Å². The van der Waals surface area contributed by atoms with Gasteiger partial charge in [0.05, 0.1) is 5.92 Å². The minimum Gasteiger partial charge on any atom is -0.354 e. The summed E-state index contributed by atoms with van der Waals surface area (Å²) >= 11 is 0. The van der Waals surface area contributed by atoms with Crippen LogP contribution in [-0.4, -0.2) is 97.5 Å². The molecule has 9 heteroatoms. The van der Waals surface area contributed by atoms with Gasteiger partial charge in [-0.05, 0) is 26.1 Å². The molecule has 1 aromatic heterocycles. The minimum absolute atomic E-state index is 0.0211. The smallest absolute Gasteiger partial charge is 0.228 e. The molecule has 1 unspecified atom stereocenters. The Balaban J connectivity index is 1.20. The van der Waals surface area contributed by atoms with Gasteiger partial charge in [0.25, 0.3) is 0 Å². The summed E-state index contributed by atoms with van der Waals surface area (Å²) in [5.74, 6) is 1.55. The molecular weight excluding hydrogens is 430 g/mol. The maximum absolute atomic E-state index is 13.2. The van der Waals surface area contributed by atoms with Crippen molar-refractivity contribution in [3.8, 4) is 0 Å². The van der Waals surface area contributed by atoms with Crippen molar-refractivity contribution in [2.45, 2.75) is 13.3 Å². The maximum Gasteiger partial charge on any atom is 0.228 e. The number of carbonyl (C=O) groups is 2. The molecule has 0 aliphatic carbocycles. The second kappa shape index (κ2) is 9.58. The standard InChI is InChI=1S/C25H33N7O2/c1-19-16-22(29-10-8-28(2)9-11-29)27-25(26-19)31-14-12-30(13-15-31)24(34)20-17-23(33)32(18-20)21-6-4-3-5-7-21/h3-7,16,20H,8-15,17-18H2,1-2H3. The third-order valence-electron chi connectivity index (χ3n) is 7.07. The van der Waals surface area contributed by atoms with Gasteiger partial charge in [0.1, 0.15) is 5.82 Å². The fourth-order valence-corrected chi connectivity index (χ4v) is 4.99. The molecule has 0 spiro atoms. The van der Waals surface area contributed by atoms with Crippen LogP contribution < -0.4 is 14.7 Å². The van der Waals surface area contributed by atoms with Gasteiger partial charge in [-0.25, -0.2) is 4.98 Å². The molecule has 0 bridgehead atoms. The molecule has 5 rings (SSSR count). The van der Waals surface area contributed by atoms with Crippen molar-refractivity contribution in [2.75, 3.05) is 80.7 Å². The topological polar surface area (TPSA) is 76.1 Å². The van der Waals surface area contributed by atoms with E-state index in [2.05, 4.69) is 27.8 Å². The Morgan fingerprint density at radius 2 is 1.59 bits per heavy atom. The van der Waals surface area contributed by atoms with Gasteiger partial charge in [0, 0.05) is 82.8 Å². The van der Waals surface area contributed by atoms with Gasteiger partial charge in [0.2, 0.25) is 17.8 Å². The van der Waals surface area contributed by atoms with Gasteiger partial charge in [-0.2, -0.15) is 4.98 Å². The maximum atomic E-state index is 13.2. The van der Waals surface area contributed by atoms with E-state index in [9.17, 15) is 9.59 Å². The molecular formula is C25H33N7O2. The van der Waals surface area contributed by atoms with E-state index in [0.717, 1.165) is 49.3 Å². The Morgan fingerprint density at radius 3 is 2.29 bits per heavy atom. The first kappa shape index (κ1) is 22.6. The lowest BCUT2D eigenvalue weighted by Gasteiger charge is -2.37. The summed E-state index contributed by atoms with van der Waals surface area (Å²) in [5.41, 5.74) is 1.82. The average Bonchev–Trinajstić information content (AvgIpc) is 3.26. The Hall–Kier alpha value is -3.20. The third-order valence-corrected chi connectivity index (χ3v) is 7.07. The van der Waals surface area contributed by atoms with E-state index in [1.54, 1.807) is 4.90 Å². The zero-order valence-corrected chi connectivity index (χ0v) is 20.1. The fourth-order valence-electron chi connectivity index (χ4n) is 4.99. The van der Waals surface area contributed by atoms with Crippen molar-refractivity contribution in [1.29, 1.82) is 0 Å². The number of para-hydroxylation sites is 1. The highest BCUT2D eigenvalue weighted by molar-refractivity contribution is 6.00. The first-order valence-corrected chi connectivity index (χ1v) is 12.2. The number of anilines is 3. The molecule has 2 amide bonds. The monoisotopic (exact) mass is 463 g/mol. The predicted molar refractivity (Wildman–Crippen MR) is 132 cm³/mol. The summed E-state index contributed by atoms with van der Waals surface area (Å²) < 4.78 is 0. The van der Waals surface area contributed by atoms with Crippen molar-refractivity contribution in [3.05, 3.63) is 42.1 Å². The molecule has 2 aromatic rings. The van der Waals surface area contributed by atoms with Crippen LogP contribution in [0.4, 0.5) is 17.5 Å². The van der Waals surface area contributed by atoms with E-state index in [1.165, 1.54) is 0 Å². The largest absolute Gasteiger partial charge is 0.354 e. The van der Waals surface area contributed by atoms with E-state index >= 15 is 0 Å². The Morgan fingerprint density at radius 1 is 0.912 bits per heavy atom. The summed E-state index contributed by atoms with van der Waals surface area (Å²) in [5, 5.41) is 0. The van der Waals surface area contributed by atoms with Crippen molar-refractivity contribution >= 4 is 29.3 Å². The normalized spacial score (nSPS) is 21.9. The van der Waals surface area contributed by atoms with Crippen molar-refractivity contribution in [3.63, 3.8) is 0 Å². The number of piperazine rings is 2. The summed E-state index contributed by atoms with van der Waals surface area (Å²) in [7, 11) is 2.15. The number of carbonyl (C=O) groups excluding carboxylic acids is 2. The number of benzene rings is 1. The van der Waals surface area contributed by atoms with E-state index < -0.39 is 0 Å². The molecule has 180 valence electrons. The molecule has 0 radical (unpaired) electrons. The molecule has 1 aromatic carbocycles. The highest BCUT2D eigenvalue weighted by atomic mass is 16.2. The van der Waals surface area contributed by atoms with Crippen molar-refractivity contribution in [2.24, 2.45) is 5.92 Å². The van der Waals surface area contributed by atoms with E-state index in [0.29, 0.717) is 32.7 Å². The number of hydrogen-bond donors (Lipinski definition) is 0. The molecule has 34 heavy (non-hydrogen) atoms. The highest BCUT2D eigenvalue weighted by Gasteiger charge is 2.38. The van der Waals surface area contributed by atoms with Crippen LogP contribution in [-0.2, 0) is 9.59 Å². The first-order valence-electron chi connectivity index (χ1n) is 12.2. The fraction of sp³-hybridized carbons (Fsp3) is 0.520. The van der Waals surface area contributed by atoms with E-state index in [-0.39, 0.29) is 24.2 Å². The van der Waals surface area contributed by atoms with Crippen LogP contribution in [0.3, 0.4) is 0 Å². The number of aromatic nitrogens is 2. The van der Waals surface area contributed by atoms with Crippen LogP contribution in [0.15, 0.2) is 36.4 Å². The molecule has 3 fully saturated rings. The number of likely N-dealkylation sites (N-methyl/N-ethyl adjacent to an activating group) is 1. The summed E-state index contributed by atoms with van der Waals surface area (Å²) in [6.07, 6.45) is 0.281. The quantitative estimate of drug-likeness (QED) is 0.675. The lowest BCUT2D eigenvalue weighted by molar-refractivity contribution is -0.136. The van der Waals surface area contributed by atoms with Gasteiger partial charge in [-0.3, -0.25) is 9.59 Å². The highest BCUT2D eigenvalue weighted by Crippen LogP contribution is 2.27. The van der Waals surface area contributed by atoms with Crippen LogP contribution >= 0.6 is 0 Å². The van der Waals surface area contributed by atoms with Crippen LogP contribution in [0.2, 0.25) is 0 Å². The van der Waals surface area contributed by atoms with Crippen molar-refractivity contribution < 1.29 is 9.59 Å². The van der Waals surface area contributed by atoms with Gasteiger partial charge in [-0.1, -0.05) is 18.2 Å². The average molecular weight is 464 g/mol. The zero-order valence-electron chi connectivity index (χ0n) is 20.1. The van der Waals surface area contributed by atoms with Crippen LogP contribution in [0.1, 0.15) is 12.1 Å². The van der Waals surface area contributed by atoms with Gasteiger partial charge < -0.3 is 24.5 Å². The first-order chi connectivity index (χ1) is 16.5. The minimum atomic E-state index is -0.279. The van der Waals surface area contributed by atoms with Crippen LogP contribution in [0.5, 0.6) is 0 Å². The van der Waals surface area contributed by atoms with Crippen LogP contribution in [0, 0.1) is 12.8 Å².